The summed E-state index contributed by atoms with van der Waals surface area (Å²) in [5, 5.41) is 0. The van der Waals surface area contributed by atoms with Crippen molar-refractivity contribution in [1.82, 2.24) is 0 Å². The summed E-state index contributed by atoms with van der Waals surface area (Å²) in [6.45, 7) is 0. The molecule has 15 heavy (non-hydrogen) atoms. The zero-order valence-corrected chi connectivity index (χ0v) is 9.47. The van der Waals surface area contributed by atoms with E-state index in [1.807, 2.05) is 0 Å². The number of esters is 1. The molecule has 1 aromatic carbocycles. The van der Waals surface area contributed by atoms with Crippen molar-refractivity contribution >= 4 is 24.1 Å². The van der Waals surface area contributed by atoms with Crippen molar-refractivity contribution in [3.63, 3.8) is 0 Å². The van der Waals surface area contributed by atoms with Crippen molar-refractivity contribution in [2.45, 2.75) is 6.42 Å². The molecule has 0 aliphatic heterocycles. The Kier molecular flexibility index (Phi) is 5.56. The van der Waals surface area contributed by atoms with Crippen LogP contribution in [-0.4, -0.2) is 20.2 Å². The summed E-state index contributed by atoms with van der Waals surface area (Å²) in [7, 11) is 2.89. The highest BCUT2D eigenvalue weighted by Gasteiger charge is 2.05. The van der Waals surface area contributed by atoms with Crippen molar-refractivity contribution < 1.29 is 14.3 Å². The molecule has 0 radical (unpaired) electrons. The predicted octanol–water partition coefficient (Wildman–Crippen LogP) is 1.41. The van der Waals surface area contributed by atoms with Gasteiger partial charge in [-0.2, -0.15) is 0 Å². The molecule has 84 valence electrons. The molecule has 1 rings (SSSR count). The largest absolute Gasteiger partial charge is 0.495 e. The summed E-state index contributed by atoms with van der Waals surface area (Å²) < 4.78 is 9.57. The Balaban J connectivity index is 0.00000196. The number of methoxy groups -OCH3 is 2. The van der Waals surface area contributed by atoms with Crippen LogP contribution in [0.1, 0.15) is 5.56 Å². The molecule has 0 heterocycles. The number of carbonyl (C=O) groups excluding carboxylic acids is 1. The van der Waals surface area contributed by atoms with E-state index in [9.17, 15) is 4.79 Å². The highest BCUT2D eigenvalue weighted by molar-refractivity contribution is 5.85. The third kappa shape index (κ3) is 3.67. The number of anilines is 1. The second kappa shape index (κ2) is 6.14. The van der Waals surface area contributed by atoms with Gasteiger partial charge in [0, 0.05) is 0 Å². The fourth-order valence-corrected chi connectivity index (χ4v) is 1.10. The number of benzene rings is 1. The van der Waals surface area contributed by atoms with E-state index in [2.05, 4.69) is 4.74 Å². The van der Waals surface area contributed by atoms with E-state index in [0.29, 0.717) is 11.4 Å². The average molecular weight is 232 g/mol. The number of hydrogen-bond acceptors (Lipinski definition) is 4. The zero-order chi connectivity index (χ0) is 10.6. The molecule has 5 heteroatoms. The second-order valence-corrected chi connectivity index (χ2v) is 2.83. The summed E-state index contributed by atoms with van der Waals surface area (Å²) in [6.07, 6.45) is 0.229. The van der Waals surface area contributed by atoms with E-state index in [1.54, 1.807) is 18.2 Å². The maximum Gasteiger partial charge on any atom is 0.309 e. The Morgan fingerprint density at radius 1 is 1.40 bits per heavy atom. The number of ether oxygens (including phenoxy) is 2. The zero-order valence-electron chi connectivity index (χ0n) is 8.65. The molecule has 2 N–H and O–H groups in total. The number of carbonyl (C=O) groups is 1. The number of rotatable bonds is 3. The van der Waals surface area contributed by atoms with Gasteiger partial charge in [-0.3, -0.25) is 4.79 Å². The van der Waals surface area contributed by atoms with Crippen LogP contribution in [0.25, 0.3) is 0 Å². The first-order chi connectivity index (χ1) is 6.67. The van der Waals surface area contributed by atoms with Gasteiger partial charge in [-0.1, -0.05) is 6.07 Å². The summed E-state index contributed by atoms with van der Waals surface area (Å²) in [5.74, 6) is 0.295. The van der Waals surface area contributed by atoms with Crippen LogP contribution in [0.15, 0.2) is 18.2 Å². The predicted molar refractivity (Wildman–Crippen MR) is 60.4 cm³/mol. The number of hydrogen-bond donors (Lipinski definition) is 1. The first-order valence-corrected chi connectivity index (χ1v) is 4.16. The van der Waals surface area contributed by atoms with Crippen molar-refractivity contribution in [3.8, 4) is 5.75 Å². The fraction of sp³-hybridized carbons (Fsp3) is 0.300. The van der Waals surface area contributed by atoms with Crippen LogP contribution in [0.2, 0.25) is 0 Å². The summed E-state index contributed by atoms with van der Waals surface area (Å²) >= 11 is 0. The molecular formula is C10H14ClNO3. The Labute approximate surface area is 94.8 Å². The maximum atomic E-state index is 11.0. The lowest BCUT2D eigenvalue weighted by Gasteiger charge is -2.06. The molecule has 0 fully saturated rings. The van der Waals surface area contributed by atoms with Crippen LogP contribution in [0.5, 0.6) is 5.75 Å². The van der Waals surface area contributed by atoms with E-state index in [0.717, 1.165) is 5.56 Å². The number of nitrogens with two attached hydrogens (primary N) is 1. The SMILES string of the molecule is COC(=O)Cc1ccc(N)c(OC)c1.Cl. The Morgan fingerprint density at radius 3 is 2.60 bits per heavy atom. The molecule has 0 aliphatic rings. The second-order valence-electron chi connectivity index (χ2n) is 2.83. The normalized spacial score (nSPS) is 8.93. The van der Waals surface area contributed by atoms with Gasteiger partial charge < -0.3 is 15.2 Å². The van der Waals surface area contributed by atoms with Gasteiger partial charge in [-0.25, -0.2) is 0 Å². The Hall–Kier alpha value is -1.42. The molecule has 0 aromatic heterocycles. The van der Waals surface area contributed by atoms with E-state index in [4.69, 9.17) is 10.5 Å². The molecule has 1 aromatic rings. The highest BCUT2D eigenvalue weighted by Crippen LogP contribution is 2.22. The summed E-state index contributed by atoms with van der Waals surface area (Å²) in [5.41, 5.74) is 7.00. The van der Waals surface area contributed by atoms with Crippen LogP contribution in [0.4, 0.5) is 5.69 Å². The minimum Gasteiger partial charge on any atom is -0.495 e. The van der Waals surface area contributed by atoms with E-state index < -0.39 is 0 Å². The van der Waals surface area contributed by atoms with Crippen molar-refractivity contribution in [2.24, 2.45) is 0 Å². The van der Waals surface area contributed by atoms with E-state index >= 15 is 0 Å². The number of halogens is 1. The lowest BCUT2D eigenvalue weighted by Crippen LogP contribution is -2.05. The monoisotopic (exact) mass is 231 g/mol. The molecule has 0 spiro atoms. The molecule has 4 nitrogen and oxygen atoms in total. The lowest BCUT2D eigenvalue weighted by atomic mass is 10.1. The van der Waals surface area contributed by atoms with Gasteiger partial charge >= 0.3 is 5.97 Å². The molecule has 0 atom stereocenters. The molecule has 0 saturated carbocycles. The fourth-order valence-electron chi connectivity index (χ4n) is 1.10. The van der Waals surface area contributed by atoms with Gasteiger partial charge in [0.25, 0.3) is 0 Å². The minimum atomic E-state index is -0.281. The van der Waals surface area contributed by atoms with Crippen LogP contribution in [-0.2, 0) is 16.0 Å². The molecule has 0 saturated heterocycles. The standard InChI is InChI=1S/C10H13NO3.ClH/c1-13-9-5-7(3-4-8(9)11)6-10(12)14-2;/h3-5H,6,11H2,1-2H3;1H. The van der Waals surface area contributed by atoms with Gasteiger partial charge in [-0.05, 0) is 17.7 Å². The quantitative estimate of drug-likeness (QED) is 0.631. The van der Waals surface area contributed by atoms with Gasteiger partial charge in [0.2, 0.25) is 0 Å². The van der Waals surface area contributed by atoms with Crippen molar-refractivity contribution in [3.05, 3.63) is 23.8 Å². The Bertz CT molecular complexity index is 341. The van der Waals surface area contributed by atoms with Crippen LogP contribution in [0.3, 0.4) is 0 Å². The van der Waals surface area contributed by atoms with Gasteiger partial charge in [0.05, 0.1) is 26.3 Å². The molecule has 0 aliphatic carbocycles. The number of nitrogen functional groups attached to an aromatic ring is 1. The summed E-state index contributed by atoms with van der Waals surface area (Å²) in [4.78, 5) is 11.0. The smallest absolute Gasteiger partial charge is 0.309 e. The average Bonchev–Trinajstić information content (AvgIpc) is 2.20. The van der Waals surface area contributed by atoms with Crippen LogP contribution < -0.4 is 10.5 Å². The van der Waals surface area contributed by atoms with E-state index in [-0.39, 0.29) is 24.8 Å². The van der Waals surface area contributed by atoms with Crippen LogP contribution >= 0.6 is 12.4 Å². The van der Waals surface area contributed by atoms with Crippen molar-refractivity contribution in [1.29, 1.82) is 0 Å². The Morgan fingerprint density at radius 2 is 2.07 bits per heavy atom. The van der Waals surface area contributed by atoms with Crippen LogP contribution in [0, 0.1) is 0 Å². The molecule has 0 unspecified atom stereocenters. The first kappa shape index (κ1) is 13.6. The third-order valence-corrected chi connectivity index (χ3v) is 1.87. The minimum absolute atomic E-state index is 0. The van der Waals surface area contributed by atoms with Gasteiger partial charge in [-0.15, -0.1) is 12.4 Å². The molecule has 0 bridgehead atoms. The van der Waals surface area contributed by atoms with E-state index in [1.165, 1.54) is 14.2 Å². The lowest BCUT2D eigenvalue weighted by molar-refractivity contribution is -0.139. The summed E-state index contributed by atoms with van der Waals surface area (Å²) in [6, 6.07) is 5.21. The molecule has 0 amide bonds. The van der Waals surface area contributed by atoms with Gasteiger partial charge in [0.1, 0.15) is 5.75 Å². The topological polar surface area (TPSA) is 61.5 Å². The van der Waals surface area contributed by atoms with Crippen molar-refractivity contribution in [2.75, 3.05) is 20.0 Å². The highest BCUT2D eigenvalue weighted by atomic mass is 35.5. The van der Waals surface area contributed by atoms with Gasteiger partial charge in [0.15, 0.2) is 0 Å². The maximum absolute atomic E-state index is 11.0. The molecular weight excluding hydrogens is 218 g/mol. The third-order valence-electron chi connectivity index (χ3n) is 1.87. The first-order valence-electron chi connectivity index (χ1n) is 4.16.